The van der Waals surface area contributed by atoms with Crippen LogP contribution in [0.4, 0.5) is 4.79 Å². The number of rotatable bonds is 4. The van der Waals surface area contributed by atoms with Crippen molar-refractivity contribution in [1.82, 2.24) is 10.2 Å². The Bertz CT molecular complexity index is 358. The van der Waals surface area contributed by atoms with Crippen LogP contribution < -0.4 is 5.32 Å². The third kappa shape index (κ3) is 3.72. The Kier molecular flexibility index (Phi) is 5.08. The van der Waals surface area contributed by atoms with Gasteiger partial charge in [-0.1, -0.05) is 29.8 Å². The molecule has 1 aromatic carbocycles. The number of aliphatic hydroxyl groups is 1. The van der Waals surface area contributed by atoms with Gasteiger partial charge in [0.15, 0.2) is 0 Å². The first kappa shape index (κ1) is 12.8. The van der Waals surface area contributed by atoms with Gasteiger partial charge in [0, 0.05) is 25.2 Å². The predicted molar refractivity (Wildman–Crippen MR) is 63.4 cm³/mol. The molecule has 0 spiro atoms. The molecule has 0 atom stereocenters. The maximum atomic E-state index is 11.5. The van der Waals surface area contributed by atoms with E-state index in [2.05, 4.69) is 5.32 Å². The molecule has 4 nitrogen and oxygen atoms in total. The van der Waals surface area contributed by atoms with Gasteiger partial charge in [0.2, 0.25) is 0 Å². The minimum absolute atomic E-state index is 0.0456. The van der Waals surface area contributed by atoms with Gasteiger partial charge in [-0.25, -0.2) is 4.79 Å². The van der Waals surface area contributed by atoms with E-state index in [9.17, 15) is 4.79 Å². The molecule has 0 aliphatic carbocycles. The molecule has 0 saturated carbocycles. The molecule has 0 radical (unpaired) electrons. The molecule has 5 heteroatoms. The lowest BCUT2D eigenvalue weighted by atomic mass is 10.2. The Morgan fingerprint density at radius 1 is 1.50 bits per heavy atom. The average Bonchev–Trinajstić information content (AvgIpc) is 2.28. The molecule has 0 bridgehead atoms. The third-order valence-electron chi connectivity index (χ3n) is 2.17. The topological polar surface area (TPSA) is 52.6 Å². The zero-order valence-electron chi connectivity index (χ0n) is 9.11. The van der Waals surface area contributed by atoms with Crippen LogP contribution in [0.3, 0.4) is 0 Å². The zero-order chi connectivity index (χ0) is 12.0. The van der Waals surface area contributed by atoms with Crippen LogP contribution in [0.1, 0.15) is 5.56 Å². The third-order valence-corrected chi connectivity index (χ3v) is 2.54. The molecule has 0 aliphatic heterocycles. The Labute approximate surface area is 99.8 Å². The summed E-state index contributed by atoms with van der Waals surface area (Å²) in [6.45, 7) is 0.651. The Morgan fingerprint density at radius 2 is 2.19 bits per heavy atom. The molecule has 1 rings (SSSR count). The van der Waals surface area contributed by atoms with E-state index in [0.717, 1.165) is 5.56 Å². The molecular formula is C11H15ClN2O2. The fourth-order valence-corrected chi connectivity index (χ4v) is 1.40. The van der Waals surface area contributed by atoms with Gasteiger partial charge in [0.25, 0.3) is 0 Å². The van der Waals surface area contributed by atoms with Gasteiger partial charge in [-0.3, -0.25) is 0 Å². The smallest absolute Gasteiger partial charge is 0.317 e. The molecule has 2 amide bonds. The summed E-state index contributed by atoms with van der Waals surface area (Å²) in [6.07, 6.45) is 0. The largest absolute Gasteiger partial charge is 0.395 e. The Hall–Kier alpha value is -1.26. The molecule has 0 unspecified atom stereocenters. The first-order valence-corrected chi connectivity index (χ1v) is 5.36. The van der Waals surface area contributed by atoms with E-state index in [1.807, 2.05) is 18.2 Å². The lowest BCUT2D eigenvalue weighted by Crippen LogP contribution is -2.38. The number of benzene rings is 1. The van der Waals surface area contributed by atoms with Gasteiger partial charge in [-0.05, 0) is 11.6 Å². The standard InChI is InChI=1S/C11H15ClN2O2/c1-14(6-7-15)11(16)13-8-9-4-2-3-5-10(9)12/h2-5,15H,6-8H2,1H3,(H,13,16). The van der Waals surface area contributed by atoms with Crippen molar-refractivity contribution < 1.29 is 9.90 Å². The van der Waals surface area contributed by atoms with Crippen molar-refractivity contribution in [2.45, 2.75) is 6.54 Å². The molecule has 0 aliphatic rings. The van der Waals surface area contributed by atoms with Crippen molar-refractivity contribution in [3.05, 3.63) is 34.9 Å². The van der Waals surface area contributed by atoms with Gasteiger partial charge in [0.05, 0.1) is 6.61 Å². The number of hydrogen-bond acceptors (Lipinski definition) is 2. The average molecular weight is 243 g/mol. The van der Waals surface area contributed by atoms with Crippen molar-refractivity contribution in [3.63, 3.8) is 0 Å². The van der Waals surface area contributed by atoms with E-state index < -0.39 is 0 Å². The summed E-state index contributed by atoms with van der Waals surface area (Å²) in [5.41, 5.74) is 0.870. The second kappa shape index (κ2) is 6.35. The number of likely N-dealkylation sites (N-methyl/N-ethyl adjacent to an activating group) is 1. The van der Waals surface area contributed by atoms with Crippen LogP contribution in [-0.2, 0) is 6.54 Å². The SMILES string of the molecule is CN(CCO)C(=O)NCc1ccccc1Cl. The van der Waals surface area contributed by atoms with Crippen LogP contribution >= 0.6 is 11.6 Å². The molecule has 1 aromatic rings. The first-order valence-electron chi connectivity index (χ1n) is 4.98. The number of carbonyl (C=O) groups excluding carboxylic acids is 1. The molecule has 2 N–H and O–H groups in total. The maximum absolute atomic E-state index is 11.5. The van der Waals surface area contributed by atoms with E-state index in [0.29, 0.717) is 18.1 Å². The predicted octanol–water partition coefficient (Wildman–Crippen LogP) is 1.47. The van der Waals surface area contributed by atoms with Crippen LogP contribution in [-0.4, -0.2) is 36.2 Å². The number of hydrogen-bond donors (Lipinski definition) is 2. The summed E-state index contributed by atoms with van der Waals surface area (Å²) in [4.78, 5) is 12.9. The number of aliphatic hydroxyl groups excluding tert-OH is 1. The summed E-state index contributed by atoms with van der Waals surface area (Å²) >= 11 is 5.94. The van der Waals surface area contributed by atoms with E-state index in [1.165, 1.54) is 4.90 Å². The molecule has 16 heavy (non-hydrogen) atoms. The molecule has 0 aromatic heterocycles. The molecule has 88 valence electrons. The fourth-order valence-electron chi connectivity index (χ4n) is 1.20. The fraction of sp³-hybridized carbons (Fsp3) is 0.364. The highest BCUT2D eigenvalue weighted by Crippen LogP contribution is 2.14. The van der Waals surface area contributed by atoms with Crippen LogP contribution in [0.15, 0.2) is 24.3 Å². The quantitative estimate of drug-likeness (QED) is 0.840. The van der Waals surface area contributed by atoms with Crippen LogP contribution in [0.5, 0.6) is 0 Å². The highest BCUT2D eigenvalue weighted by Gasteiger charge is 2.07. The monoisotopic (exact) mass is 242 g/mol. The summed E-state index contributed by atoms with van der Waals surface area (Å²) in [7, 11) is 1.62. The normalized spacial score (nSPS) is 9.94. The van der Waals surface area contributed by atoms with Crippen molar-refractivity contribution in [1.29, 1.82) is 0 Å². The first-order chi connectivity index (χ1) is 7.65. The van der Waals surface area contributed by atoms with E-state index in [1.54, 1.807) is 13.1 Å². The molecule has 0 fully saturated rings. The summed E-state index contributed by atoms with van der Waals surface area (Å²) in [6, 6.07) is 7.11. The van der Waals surface area contributed by atoms with E-state index in [4.69, 9.17) is 16.7 Å². The lowest BCUT2D eigenvalue weighted by molar-refractivity contribution is 0.190. The maximum Gasteiger partial charge on any atom is 0.317 e. The highest BCUT2D eigenvalue weighted by atomic mass is 35.5. The van der Waals surface area contributed by atoms with Gasteiger partial charge in [0.1, 0.15) is 0 Å². The van der Waals surface area contributed by atoms with Crippen molar-refractivity contribution in [2.75, 3.05) is 20.2 Å². The minimum atomic E-state index is -0.228. The van der Waals surface area contributed by atoms with Gasteiger partial charge in [-0.2, -0.15) is 0 Å². The van der Waals surface area contributed by atoms with Crippen LogP contribution in [0, 0.1) is 0 Å². The number of amides is 2. The Morgan fingerprint density at radius 3 is 2.81 bits per heavy atom. The van der Waals surface area contributed by atoms with Gasteiger partial charge >= 0.3 is 6.03 Å². The zero-order valence-corrected chi connectivity index (χ0v) is 9.87. The molecule has 0 saturated heterocycles. The lowest BCUT2D eigenvalue weighted by Gasteiger charge is -2.16. The summed E-state index contributed by atoms with van der Waals surface area (Å²) in [5.74, 6) is 0. The van der Waals surface area contributed by atoms with Crippen LogP contribution in [0.2, 0.25) is 5.02 Å². The summed E-state index contributed by atoms with van der Waals surface area (Å²) < 4.78 is 0. The summed E-state index contributed by atoms with van der Waals surface area (Å²) in [5, 5.41) is 12.0. The molecule has 0 heterocycles. The number of nitrogens with zero attached hydrogens (tertiary/aromatic N) is 1. The minimum Gasteiger partial charge on any atom is -0.395 e. The number of carbonyl (C=O) groups is 1. The van der Waals surface area contributed by atoms with Gasteiger partial charge < -0.3 is 15.3 Å². The highest BCUT2D eigenvalue weighted by molar-refractivity contribution is 6.31. The van der Waals surface area contributed by atoms with E-state index >= 15 is 0 Å². The van der Waals surface area contributed by atoms with Crippen LogP contribution in [0.25, 0.3) is 0 Å². The number of nitrogens with one attached hydrogen (secondary N) is 1. The van der Waals surface area contributed by atoms with Crippen molar-refractivity contribution in [2.24, 2.45) is 0 Å². The Balaban J connectivity index is 2.46. The second-order valence-electron chi connectivity index (χ2n) is 3.40. The second-order valence-corrected chi connectivity index (χ2v) is 3.80. The number of halogens is 1. The molecular weight excluding hydrogens is 228 g/mol. The number of urea groups is 1. The van der Waals surface area contributed by atoms with Crippen molar-refractivity contribution >= 4 is 17.6 Å². The van der Waals surface area contributed by atoms with Crippen molar-refractivity contribution in [3.8, 4) is 0 Å². The van der Waals surface area contributed by atoms with Gasteiger partial charge in [-0.15, -0.1) is 0 Å². The van der Waals surface area contributed by atoms with E-state index in [-0.39, 0.29) is 12.6 Å².